The zero-order chi connectivity index (χ0) is 12.8. The molecule has 0 saturated heterocycles. The predicted molar refractivity (Wildman–Crippen MR) is 69.0 cm³/mol. The fourth-order valence-corrected chi connectivity index (χ4v) is 1.46. The first-order chi connectivity index (χ1) is 8.04. The molecule has 94 valence electrons. The van der Waals surface area contributed by atoms with Crippen molar-refractivity contribution >= 4 is 11.6 Å². The van der Waals surface area contributed by atoms with E-state index >= 15 is 0 Å². The molecule has 17 heavy (non-hydrogen) atoms. The number of nitrogens with two attached hydrogens (primary N) is 1. The number of carbonyl (C=O) groups is 1. The predicted octanol–water partition coefficient (Wildman–Crippen LogP) is 1.73. The summed E-state index contributed by atoms with van der Waals surface area (Å²) in [6, 6.07) is 5.42. The minimum atomic E-state index is -0.0969. The van der Waals surface area contributed by atoms with Crippen LogP contribution in [0, 0.1) is 6.92 Å². The fourth-order valence-electron chi connectivity index (χ4n) is 1.46. The number of hydrogen-bond donors (Lipinski definition) is 2. The van der Waals surface area contributed by atoms with Crippen LogP contribution in [0.1, 0.15) is 29.3 Å². The molecule has 1 atom stereocenters. The van der Waals surface area contributed by atoms with Crippen LogP contribution in [0.2, 0.25) is 0 Å². The van der Waals surface area contributed by atoms with E-state index in [1.165, 1.54) is 0 Å². The number of carbonyl (C=O) groups excluding carboxylic acids is 1. The highest BCUT2D eigenvalue weighted by Gasteiger charge is 2.10. The summed E-state index contributed by atoms with van der Waals surface area (Å²) in [7, 11) is 1.65. The van der Waals surface area contributed by atoms with Gasteiger partial charge in [-0.05, 0) is 38.0 Å². The van der Waals surface area contributed by atoms with Gasteiger partial charge in [0.15, 0.2) is 0 Å². The Hall–Kier alpha value is -1.55. The van der Waals surface area contributed by atoms with E-state index in [9.17, 15) is 4.79 Å². The molecule has 0 aliphatic rings. The van der Waals surface area contributed by atoms with Gasteiger partial charge in [0, 0.05) is 31.0 Å². The van der Waals surface area contributed by atoms with Crippen molar-refractivity contribution in [2.24, 2.45) is 0 Å². The number of ether oxygens (including phenoxy) is 1. The van der Waals surface area contributed by atoms with Crippen LogP contribution in [-0.2, 0) is 4.74 Å². The fraction of sp³-hybridized carbons (Fsp3) is 0.462. The number of amides is 1. The van der Waals surface area contributed by atoms with Gasteiger partial charge in [-0.25, -0.2) is 0 Å². The molecule has 0 heterocycles. The van der Waals surface area contributed by atoms with Crippen LogP contribution in [0.25, 0.3) is 0 Å². The Morgan fingerprint density at radius 1 is 1.53 bits per heavy atom. The van der Waals surface area contributed by atoms with Gasteiger partial charge < -0.3 is 15.8 Å². The van der Waals surface area contributed by atoms with Gasteiger partial charge in [-0.1, -0.05) is 6.07 Å². The number of aryl methyl sites for hydroxylation is 1. The SMILES string of the molecule is COCCC(C)NC(=O)c1ccc(C)c(N)c1. The number of rotatable bonds is 5. The van der Waals surface area contributed by atoms with Crippen LogP contribution in [-0.4, -0.2) is 25.7 Å². The molecule has 0 fully saturated rings. The Balaban J connectivity index is 2.60. The molecule has 1 amide bonds. The third-order valence-electron chi connectivity index (χ3n) is 2.67. The molecule has 4 heteroatoms. The second-order valence-electron chi connectivity index (χ2n) is 4.23. The third-order valence-corrected chi connectivity index (χ3v) is 2.67. The molecule has 0 bridgehead atoms. The first-order valence-corrected chi connectivity index (χ1v) is 5.70. The molecule has 0 aliphatic heterocycles. The number of hydrogen-bond acceptors (Lipinski definition) is 3. The number of benzene rings is 1. The van der Waals surface area contributed by atoms with Gasteiger partial charge in [0.1, 0.15) is 0 Å². The van der Waals surface area contributed by atoms with E-state index in [1.807, 2.05) is 19.9 Å². The van der Waals surface area contributed by atoms with Gasteiger partial charge in [-0.15, -0.1) is 0 Å². The Labute approximate surface area is 102 Å². The lowest BCUT2D eigenvalue weighted by Gasteiger charge is -2.13. The smallest absolute Gasteiger partial charge is 0.251 e. The highest BCUT2D eigenvalue weighted by Crippen LogP contribution is 2.12. The normalized spacial score (nSPS) is 12.2. The summed E-state index contributed by atoms with van der Waals surface area (Å²) in [4.78, 5) is 11.9. The molecule has 4 nitrogen and oxygen atoms in total. The average molecular weight is 236 g/mol. The van der Waals surface area contributed by atoms with E-state index in [4.69, 9.17) is 10.5 Å². The molecule has 0 aliphatic carbocycles. The number of anilines is 1. The van der Waals surface area contributed by atoms with E-state index in [-0.39, 0.29) is 11.9 Å². The lowest BCUT2D eigenvalue weighted by atomic mass is 10.1. The summed E-state index contributed by atoms with van der Waals surface area (Å²) in [6.45, 7) is 4.50. The minimum absolute atomic E-state index is 0.0879. The Kier molecular flexibility index (Phi) is 4.97. The van der Waals surface area contributed by atoms with E-state index in [1.54, 1.807) is 19.2 Å². The number of nitrogens with one attached hydrogen (secondary N) is 1. The molecule has 1 aromatic carbocycles. The second kappa shape index (κ2) is 6.25. The van der Waals surface area contributed by atoms with Crippen LogP contribution >= 0.6 is 0 Å². The van der Waals surface area contributed by atoms with Crippen molar-refractivity contribution in [2.45, 2.75) is 26.3 Å². The van der Waals surface area contributed by atoms with Gasteiger partial charge in [0.25, 0.3) is 5.91 Å². The molecule has 0 aromatic heterocycles. The maximum atomic E-state index is 11.9. The Bertz CT molecular complexity index is 391. The molecule has 0 saturated carbocycles. The first kappa shape index (κ1) is 13.5. The summed E-state index contributed by atoms with van der Waals surface area (Å²) in [5.41, 5.74) is 7.99. The topological polar surface area (TPSA) is 64.3 Å². The molecule has 1 rings (SSSR count). The van der Waals surface area contributed by atoms with Crippen LogP contribution in [0.3, 0.4) is 0 Å². The van der Waals surface area contributed by atoms with E-state index in [0.717, 1.165) is 12.0 Å². The zero-order valence-electron chi connectivity index (χ0n) is 10.6. The molecule has 0 radical (unpaired) electrons. The first-order valence-electron chi connectivity index (χ1n) is 5.70. The van der Waals surface area contributed by atoms with Crippen LogP contribution in [0.4, 0.5) is 5.69 Å². The molecule has 0 spiro atoms. The largest absolute Gasteiger partial charge is 0.398 e. The van der Waals surface area contributed by atoms with Crippen molar-refractivity contribution in [1.82, 2.24) is 5.32 Å². The summed E-state index contributed by atoms with van der Waals surface area (Å²) < 4.78 is 4.96. The Morgan fingerprint density at radius 2 is 2.24 bits per heavy atom. The quantitative estimate of drug-likeness (QED) is 0.765. The average Bonchev–Trinajstić information content (AvgIpc) is 2.30. The minimum Gasteiger partial charge on any atom is -0.398 e. The summed E-state index contributed by atoms with van der Waals surface area (Å²) >= 11 is 0. The van der Waals surface area contributed by atoms with Crippen molar-refractivity contribution < 1.29 is 9.53 Å². The van der Waals surface area contributed by atoms with Gasteiger partial charge >= 0.3 is 0 Å². The standard InChI is InChI=1S/C13H20N2O2/c1-9-4-5-11(8-12(9)14)13(16)15-10(2)6-7-17-3/h4-5,8,10H,6-7,14H2,1-3H3,(H,15,16). The molecular formula is C13H20N2O2. The summed E-state index contributed by atoms with van der Waals surface area (Å²) in [5.74, 6) is -0.0969. The molecule has 3 N–H and O–H groups in total. The van der Waals surface area contributed by atoms with Crippen molar-refractivity contribution in [3.05, 3.63) is 29.3 Å². The van der Waals surface area contributed by atoms with E-state index in [2.05, 4.69) is 5.32 Å². The maximum Gasteiger partial charge on any atom is 0.251 e. The van der Waals surface area contributed by atoms with Crippen LogP contribution in [0.5, 0.6) is 0 Å². The second-order valence-corrected chi connectivity index (χ2v) is 4.23. The third kappa shape index (κ3) is 4.07. The number of nitrogen functional groups attached to an aromatic ring is 1. The molecular weight excluding hydrogens is 216 g/mol. The monoisotopic (exact) mass is 236 g/mol. The summed E-state index contributed by atoms with van der Waals surface area (Å²) in [5, 5.41) is 2.90. The van der Waals surface area contributed by atoms with Crippen LogP contribution < -0.4 is 11.1 Å². The van der Waals surface area contributed by atoms with Gasteiger partial charge in [0.05, 0.1) is 0 Å². The number of methoxy groups -OCH3 is 1. The van der Waals surface area contributed by atoms with Crippen molar-refractivity contribution in [3.63, 3.8) is 0 Å². The van der Waals surface area contributed by atoms with Gasteiger partial charge in [0.2, 0.25) is 0 Å². The van der Waals surface area contributed by atoms with Gasteiger partial charge in [-0.3, -0.25) is 4.79 Å². The summed E-state index contributed by atoms with van der Waals surface area (Å²) in [6.07, 6.45) is 0.795. The van der Waals surface area contributed by atoms with Crippen molar-refractivity contribution in [2.75, 3.05) is 19.5 Å². The van der Waals surface area contributed by atoms with Crippen molar-refractivity contribution in [1.29, 1.82) is 0 Å². The highest BCUT2D eigenvalue weighted by atomic mass is 16.5. The van der Waals surface area contributed by atoms with Crippen molar-refractivity contribution in [3.8, 4) is 0 Å². The lowest BCUT2D eigenvalue weighted by molar-refractivity contribution is 0.0929. The lowest BCUT2D eigenvalue weighted by Crippen LogP contribution is -2.33. The molecule has 1 aromatic rings. The Morgan fingerprint density at radius 3 is 2.82 bits per heavy atom. The van der Waals surface area contributed by atoms with E-state index in [0.29, 0.717) is 17.9 Å². The van der Waals surface area contributed by atoms with E-state index < -0.39 is 0 Å². The van der Waals surface area contributed by atoms with Crippen LogP contribution in [0.15, 0.2) is 18.2 Å². The zero-order valence-corrected chi connectivity index (χ0v) is 10.6. The highest BCUT2D eigenvalue weighted by molar-refractivity contribution is 5.95. The molecule has 1 unspecified atom stereocenters. The maximum absolute atomic E-state index is 11.9. The van der Waals surface area contributed by atoms with Gasteiger partial charge in [-0.2, -0.15) is 0 Å².